The molecule has 0 saturated heterocycles. The summed E-state index contributed by atoms with van der Waals surface area (Å²) < 4.78 is 5.11. The number of Topliss-reactive ketones (excluding diaryl/α,β-unsaturated/α-hetero) is 1. The normalized spacial score (nSPS) is 36.7. The van der Waals surface area contributed by atoms with Gasteiger partial charge in [0.1, 0.15) is 12.4 Å². The van der Waals surface area contributed by atoms with Crippen LogP contribution >= 0.6 is 0 Å². The van der Waals surface area contributed by atoms with Crippen LogP contribution in [-0.4, -0.2) is 48.0 Å². The van der Waals surface area contributed by atoms with Gasteiger partial charge in [0.2, 0.25) is 5.91 Å². The van der Waals surface area contributed by atoms with E-state index in [1.54, 1.807) is 6.92 Å². The highest BCUT2D eigenvalue weighted by atomic mass is 16.5. The summed E-state index contributed by atoms with van der Waals surface area (Å²) in [6.45, 7) is 6.24. The monoisotopic (exact) mass is 429 g/mol. The van der Waals surface area contributed by atoms with E-state index in [4.69, 9.17) is 4.74 Å². The number of esters is 1. The van der Waals surface area contributed by atoms with Crippen molar-refractivity contribution in [2.45, 2.75) is 72.1 Å². The summed E-state index contributed by atoms with van der Waals surface area (Å²) in [5.74, 6) is 1.52. The minimum Gasteiger partial charge on any atom is -0.464 e. The molecule has 0 N–H and O–H groups in total. The second-order valence-corrected chi connectivity index (χ2v) is 10.4. The minimum absolute atomic E-state index is 0.0309. The first-order valence-corrected chi connectivity index (χ1v) is 11.8. The maximum absolute atomic E-state index is 12.7. The lowest BCUT2D eigenvalue weighted by atomic mass is 9.47. The molecule has 3 fully saturated rings. The Morgan fingerprint density at radius 1 is 1.06 bits per heavy atom. The third kappa shape index (κ3) is 3.76. The van der Waals surface area contributed by atoms with E-state index < -0.39 is 0 Å². The molecule has 3 saturated carbocycles. The Kier molecular flexibility index (Phi) is 5.86. The van der Waals surface area contributed by atoms with Crippen molar-refractivity contribution in [2.75, 3.05) is 19.7 Å². The number of ether oxygens (including phenoxy) is 1. The zero-order valence-corrected chi connectivity index (χ0v) is 19.1. The molecule has 0 aromatic rings. The lowest BCUT2D eigenvalue weighted by molar-refractivity contribution is -0.145. The molecule has 1 amide bonds. The molecule has 0 radical (unpaired) electrons. The van der Waals surface area contributed by atoms with Crippen molar-refractivity contribution in [2.24, 2.45) is 28.6 Å². The van der Waals surface area contributed by atoms with Crippen LogP contribution in [0.25, 0.3) is 0 Å². The number of nitrogens with zero attached hydrogens (tertiary/aromatic N) is 1. The van der Waals surface area contributed by atoms with Crippen LogP contribution in [0.4, 0.5) is 0 Å². The molecule has 4 aliphatic rings. The van der Waals surface area contributed by atoms with Crippen LogP contribution in [0.5, 0.6) is 0 Å². The summed E-state index contributed by atoms with van der Waals surface area (Å²) in [7, 11) is 0. The van der Waals surface area contributed by atoms with Crippen molar-refractivity contribution in [3.8, 4) is 0 Å². The molecule has 0 aromatic carbocycles. The maximum atomic E-state index is 12.7. The van der Waals surface area contributed by atoms with Crippen LogP contribution in [0.15, 0.2) is 11.6 Å². The minimum atomic E-state index is -0.347. The molecule has 170 valence electrons. The zero-order valence-electron chi connectivity index (χ0n) is 19.1. The smallest absolute Gasteiger partial charge is 0.302 e. The molecule has 4 rings (SSSR count). The van der Waals surface area contributed by atoms with Gasteiger partial charge in [0.05, 0.1) is 6.54 Å². The van der Waals surface area contributed by atoms with Gasteiger partial charge >= 0.3 is 5.97 Å². The van der Waals surface area contributed by atoms with E-state index >= 15 is 0 Å². The number of ketones is 2. The third-order valence-electron chi connectivity index (χ3n) is 8.98. The Morgan fingerprint density at radius 2 is 1.84 bits per heavy atom. The van der Waals surface area contributed by atoms with Crippen molar-refractivity contribution in [3.63, 3.8) is 0 Å². The van der Waals surface area contributed by atoms with Crippen LogP contribution in [0.1, 0.15) is 72.1 Å². The zero-order chi connectivity index (χ0) is 22.4. The highest BCUT2D eigenvalue weighted by molar-refractivity contribution is 5.92. The van der Waals surface area contributed by atoms with E-state index in [2.05, 4.69) is 6.92 Å². The standard InChI is InChI=1S/C25H35NO5/c1-16(27)26(12-13-31-17(2)28)15-25-11-8-19(29)14-18(25)4-5-20-21-6-7-23(30)24(21,3)10-9-22(20)25/h14,20-22H,4-13,15H2,1-3H3/t20-,21-,22-,24+,25+/m1/s1. The van der Waals surface area contributed by atoms with Gasteiger partial charge in [-0.25, -0.2) is 0 Å². The van der Waals surface area contributed by atoms with E-state index in [0.29, 0.717) is 49.5 Å². The number of hydrogen-bond donors (Lipinski definition) is 0. The van der Waals surface area contributed by atoms with Crippen LogP contribution in [-0.2, 0) is 23.9 Å². The van der Waals surface area contributed by atoms with Crippen LogP contribution < -0.4 is 0 Å². The van der Waals surface area contributed by atoms with Gasteiger partial charge in [0.15, 0.2) is 5.78 Å². The van der Waals surface area contributed by atoms with Gasteiger partial charge in [-0.15, -0.1) is 0 Å². The number of fused-ring (bicyclic) bond motifs is 5. The van der Waals surface area contributed by atoms with Crippen LogP contribution in [0, 0.1) is 28.6 Å². The van der Waals surface area contributed by atoms with Crippen LogP contribution in [0.3, 0.4) is 0 Å². The van der Waals surface area contributed by atoms with Gasteiger partial charge in [-0.1, -0.05) is 12.5 Å². The Bertz CT molecular complexity index is 832. The Balaban J connectivity index is 1.65. The molecule has 5 atom stereocenters. The highest BCUT2D eigenvalue weighted by Crippen LogP contribution is 2.64. The SMILES string of the molecule is CC(=O)OCCN(C[C@@]12CCC(=O)C=C1CC[C@H]1[C@H]2CC[C@]2(C)C(=O)CC[C@H]12)C(C)=O. The fourth-order valence-electron chi connectivity index (χ4n) is 7.42. The van der Waals surface area contributed by atoms with E-state index in [-0.39, 0.29) is 35.1 Å². The van der Waals surface area contributed by atoms with Crippen molar-refractivity contribution in [1.29, 1.82) is 0 Å². The lowest BCUT2D eigenvalue weighted by Gasteiger charge is -2.58. The van der Waals surface area contributed by atoms with Crippen molar-refractivity contribution < 1.29 is 23.9 Å². The molecule has 0 aliphatic heterocycles. The molecule has 6 heteroatoms. The number of amides is 1. The average molecular weight is 430 g/mol. The Morgan fingerprint density at radius 3 is 2.55 bits per heavy atom. The van der Waals surface area contributed by atoms with E-state index in [1.165, 1.54) is 12.5 Å². The number of carbonyl (C=O) groups is 4. The molecule has 0 aromatic heterocycles. The molecule has 4 aliphatic carbocycles. The topological polar surface area (TPSA) is 80.8 Å². The summed E-state index contributed by atoms with van der Waals surface area (Å²) in [4.78, 5) is 50.5. The second-order valence-electron chi connectivity index (χ2n) is 10.4. The van der Waals surface area contributed by atoms with E-state index in [1.807, 2.05) is 11.0 Å². The van der Waals surface area contributed by atoms with Gasteiger partial charge in [-0.2, -0.15) is 0 Å². The van der Waals surface area contributed by atoms with Crippen molar-refractivity contribution in [3.05, 3.63) is 11.6 Å². The molecule has 0 unspecified atom stereocenters. The molecule has 6 nitrogen and oxygen atoms in total. The first kappa shape index (κ1) is 22.2. The predicted molar refractivity (Wildman–Crippen MR) is 115 cm³/mol. The van der Waals surface area contributed by atoms with Gasteiger partial charge in [-0.05, 0) is 62.4 Å². The Labute approximate surface area is 184 Å². The van der Waals surface area contributed by atoms with Crippen molar-refractivity contribution in [1.82, 2.24) is 4.90 Å². The van der Waals surface area contributed by atoms with Crippen molar-refractivity contribution >= 4 is 23.4 Å². The number of rotatable bonds is 5. The Hall–Kier alpha value is -1.98. The third-order valence-corrected chi connectivity index (χ3v) is 8.98. The molecular formula is C25H35NO5. The quantitative estimate of drug-likeness (QED) is 0.625. The summed E-state index contributed by atoms with van der Waals surface area (Å²) in [6, 6.07) is 0. The average Bonchev–Trinajstić information content (AvgIpc) is 3.02. The fraction of sp³-hybridized carbons (Fsp3) is 0.760. The molecule has 0 bridgehead atoms. The van der Waals surface area contributed by atoms with Gasteiger partial charge in [0, 0.05) is 44.1 Å². The van der Waals surface area contributed by atoms with Gasteiger partial charge < -0.3 is 9.64 Å². The molecule has 0 heterocycles. The van der Waals surface area contributed by atoms with Gasteiger partial charge in [-0.3, -0.25) is 19.2 Å². The van der Waals surface area contributed by atoms with E-state index in [0.717, 1.165) is 38.5 Å². The molecule has 0 spiro atoms. The first-order chi connectivity index (χ1) is 14.7. The molecular weight excluding hydrogens is 394 g/mol. The summed E-state index contributed by atoms with van der Waals surface area (Å²) in [6.07, 6.45) is 8.62. The second kappa shape index (κ2) is 8.18. The van der Waals surface area contributed by atoms with Crippen LogP contribution in [0.2, 0.25) is 0 Å². The lowest BCUT2D eigenvalue weighted by Crippen LogP contribution is -2.56. The fourth-order valence-corrected chi connectivity index (χ4v) is 7.42. The summed E-state index contributed by atoms with van der Waals surface area (Å²) in [5.41, 5.74) is 0.812. The summed E-state index contributed by atoms with van der Waals surface area (Å²) >= 11 is 0. The maximum Gasteiger partial charge on any atom is 0.302 e. The molecule has 31 heavy (non-hydrogen) atoms. The number of carbonyl (C=O) groups excluding carboxylic acids is 4. The highest BCUT2D eigenvalue weighted by Gasteiger charge is 2.60. The van der Waals surface area contributed by atoms with E-state index in [9.17, 15) is 19.2 Å². The summed E-state index contributed by atoms with van der Waals surface area (Å²) in [5, 5.41) is 0. The first-order valence-electron chi connectivity index (χ1n) is 11.8. The van der Waals surface area contributed by atoms with Gasteiger partial charge in [0.25, 0.3) is 0 Å². The predicted octanol–water partition coefficient (Wildman–Crippen LogP) is 3.48. The largest absolute Gasteiger partial charge is 0.464 e. The number of hydrogen-bond acceptors (Lipinski definition) is 5.